The molecule has 0 bridgehead atoms. The molecule has 3 heterocycles. The maximum absolute atomic E-state index is 13.7. The Labute approximate surface area is 185 Å². The summed E-state index contributed by atoms with van der Waals surface area (Å²) < 4.78 is 144. The van der Waals surface area contributed by atoms with Crippen LogP contribution in [0.15, 0.2) is 35.4 Å². The quantitative estimate of drug-likeness (QED) is 0.442. The molecule has 186 valence electrons. The van der Waals surface area contributed by atoms with Gasteiger partial charge in [0.15, 0.2) is 26.5 Å². The average Bonchev–Trinajstić information content (AvgIpc) is 3.26. The van der Waals surface area contributed by atoms with Crippen molar-refractivity contribution in [2.24, 2.45) is 7.05 Å². The van der Waals surface area contributed by atoms with Gasteiger partial charge in [-0.05, 0) is 12.1 Å². The second kappa shape index (κ2) is 8.02. The summed E-state index contributed by atoms with van der Waals surface area (Å²) in [7, 11) is -3.23. The van der Waals surface area contributed by atoms with Crippen molar-refractivity contribution >= 4 is 21.6 Å². The number of hydrogen-bond acceptors (Lipinski definition) is 4. The van der Waals surface area contributed by atoms with Crippen molar-refractivity contribution in [2.75, 3.05) is 5.75 Å². The van der Waals surface area contributed by atoms with E-state index in [0.717, 1.165) is 17.7 Å². The van der Waals surface area contributed by atoms with E-state index in [1.165, 1.54) is 6.92 Å². The average molecular weight is 520 g/mol. The van der Waals surface area contributed by atoms with E-state index in [0.29, 0.717) is 22.9 Å². The molecule has 0 spiro atoms. The summed E-state index contributed by atoms with van der Waals surface area (Å²) in [6.45, 7) is 1.20. The topological polar surface area (TPSA) is 69.3 Å². The van der Waals surface area contributed by atoms with Gasteiger partial charge in [-0.1, -0.05) is 6.92 Å². The maximum atomic E-state index is 13.7. The lowest BCUT2D eigenvalue weighted by Gasteiger charge is -2.17. The summed E-state index contributed by atoms with van der Waals surface area (Å²) >= 11 is 0. The van der Waals surface area contributed by atoms with E-state index in [-0.39, 0.29) is 11.7 Å². The Bertz CT molecular complexity index is 1380. The molecule has 0 aliphatic carbocycles. The third-order valence-corrected chi connectivity index (χ3v) is 6.48. The summed E-state index contributed by atoms with van der Waals surface area (Å²) in [6.07, 6.45) is -10.0. The lowest BCUT2D eigenvalue weighted by atomic mass is 10.2. The van der Waals surface area contributed by atoms with Crippen LogP contribution in [0.1, 0.15) is 18.2 Å². The fourth-order valence-electron chi connectivity index (χ4n) is 2.90. The number of imidazole rings is 2. The molecule has 0 aliphatic rings. The summed E-state index contributed by atoms with van der Waals surface area (Å²) in [4.78, 5) is 7.67. The van der Waals surface area contributed by atoms with Crippen molar-refractivity contribution in [1.82, 2.24) is 18.9 Å². The fourth-order valence-corrected chi connectivity index (χ4v) is 4.05. The highest BCUT2D eigenvalue weighted by molar-refractivity contribution is 7.91. The molecule has 0 aromatic carbocycles. The van der Waals surface area contributed by atoms with Gasteiger partial charge in [-0.15, -0.1) is 0 Å². The smallest absolute Gasteiger partial charge is 0.326 e. The molecule has 3 rings (SSSR count). The van der Waals surface area contributed by atoms with Crippen LogP contribution in [0.3, 0.4) is 0 Å². The number of allylic oxidation sites excluding steroid dienone is 1. The number of alkyl halides is 8. The molecule has 0 atom stereocenters. The van der Waals surface area contributed by atoms with E-state index in [9.17, 15) is 47.9 Å². The first-order valence-electron chi connectivity index (χ1n) is 9.08. The van der Waals surface area contributed by atoms with E-state index in [1.807, 2.05) is 0 Å². The van der Waals surface area contributed by atoms with Gasteiger partial charge in [0.25, 0.3) is 0 Å². The Morgan fingerprint density at radius 2 is 1.71 bits per heavy atom. The third-order valence-electron chi connectivity index (χ3n) is 4.74. The zero-order valence-electron chi connectivity index (χ0n) is 17.0. The highest BCUT2D eigenvalue weighted by Crippen LogP contribution is 2.42. The fraction of sp³-hybridized carbons (Fsp3) is 0.333. The lowest BCUT2D eigenvalue weighted by Crippen LogP contribution is -2.36. The van der Waals surface area contributed by atoms with E-state index in [2.05, 4.69) is 9.97 Å². The first-order valence-corrected chi connectivity index (χ1v) is 10.7. The van der Waals surface area contributed by atoms with Crippen LogP contribution in [-0.2, 0) is 23.1 Å². The minimum Gasteiger partial charge on any atom is -0.326 e. The van der Waals surface area contributed by atoms with Crippen molar-refractivity contribution in [3.05, 3.63) is 41.6 Å². The summed E-state index contributed by atoms with van der Waals surface area (Å²) in [5.41, 5.74) is -2.57. The molecular formula is C18H13F9N4O2S. The number of rotatable bonds is 5. The second-order valence-electron chi connectivity index (χ2n) is 6.94. The van der Waals surface area contributed by atoms with Crippen LogP contribution < -0.4 is 0 Å². The first-order chi connectivity index (χ1) is 15.4. The van der Waals surface area contributed by atoms with Crippen molar-refractivity contribution in [1.29, 1.82) is 0 Å². The van der Waals surface area contributed by atoms with Crippen molar-refractivity contribution < 1.29 is 47.9 Å². The van der Waals surface area contributed by atoms with Crippen LogP contribution in [0.5, 0.6) is 0 Å². The molecule has 6 nitrogen and oxygen atoms in total. The van der Waals surface area contributed by atoms with Crippen molar-refractivity contribution in [2.45, 2.75) is 30.2 Å². The summed E-state index contributed by atoms with van der Waals surface area (Å²) in [5.74, 6) is -9.65. The van der Waals surface area contributed by atoms with Crippen LogP contribution in [-0.4, -0.2) is 45.2 Å². The Morgan fingerprint density at radius 1 is 1.09 bits per heavy atom. The molecule has 16 heteroatoms. The molecule has 0 amide bonds. The van der Waals surface area contributed by atoms with Gasteiger partial charge >= 0.3 is 18.3 Å². The van der Waals surface area contributed by atoms with Crippen molar-refractivity contribution in [3.63, 3.8) is 0 Å². The summed E-state index contributed by atoms with van der Waals surface area (Å²) in [6, 6.07) is 1.53. The molecule has 0 N–H and O–H groups in total. The van der Waals surface area contributed by atoms with Gasteiger partial charge < -0.3 is 4.57 Å². The number of pyridine rings is 1. The normalized spacial score (nSPS) is 14.3. The van der Waals surface area contributed by atoms with Crippen LogP contribution >= 0.6 is 0 Å². The highest BCUT2D eigenvalue weighted by Gasteiger charge is 2.61. The molecule has 0 unspecified atom stereocenters. The third kappa shape index (κ3) is 4.25. The molecule has 0 fully saturated rings. The molecule has 3 aromatic heterocycles. The highest BCUT2D eigenvalue weighted by atomic mass is 32.2. The van der Waals surface area contributed by atoms with Crippen LogP contribution in [0.2, 0.25) is 0 Å². The molecule has 0 saturated heterocycles. The van der Waals surface area contributed by atoms with Gasteiger partial charge in [0, 0.05) is 19.3 Å². The van der Waals surface area contributed by atoms with Gasteiger partial charge in [-0.3, -0.25) is 4.40 Å². The SMILES string of the molecule is CCS(=O)(=O)c1c(-c2ncc(C=C(F)C(F)(F)C(F)(F)F)n2C)nc2ccc(C(F)(F)F)cn12. The van der Waals surface area contributed by atoms with E-state index >= 15 is 0 Å². The van der Waals surface area contributed by atoms with E-state index in [1.54, 1.807) is 0 Å². The number of fused-ring (bicyclic) bond motifs is 1. The zero-order chi connectivity index (χ0) is 25.9. The first kappa shape index (κ1) is 25.6. The largest absolute Gasteiger partial charge is 0.460 e. The second-order valence-corrected chi connectivity index (χ2v) is 9.14. The summed E-state index contributed by atoms with van der Waals surface area (Å²) in [5, 5.41) is -0.721. The molecule has 0 saturated carbocycles. The van der Waals surface area contributed by atoms with Crippen molar-refractivity contribution in [3.8, 4) is 11.5 Å². The number of halogens is 9. The standard InChI is InChI=1S/C18H13F9N4O2S/c1-3-34(32,33)15-13(29-12-5-4-9(8-31(12)15)17(22,23)24)14-28-7-10(30(14)2)6-11(19)16(20,21)18(25,26)27/h4-8H,3H2,1-2H3. The minimum absolute atomic E-state index is 0.143. The molecule has 3 aromatic rings. The van der Waals surface area contributed by atoms with Gasteiger partial charge in [0.05, 0.1) is 23.2 Å². The molecule has 0 radical (unpaired) electrons. The Kier molecular flexibility index (Phi) is 6.04. The maximum Gasteiger partial charge on any atom is 0.460 e. The number of sulfone groups is 1. The number of aromatic nitrogens is 4. The minimum atomic E-state index is -6.21. The van der Waals surface area contributed by atoms with Gasteiger partial charge in [0.2, 0.25) is 0 Å². The Balaban J connectivity index is 2.26. The molecular weight excluding hydrogens is 507 g/mol. The predicted molar refractivity (Wildman–Crippen MR) is 100 cm³/mol. The molecule has 34 heavy (non-hydrogen) atoms. The van der Waals surface area contributed by atoms with Gasteiger partial charge in [-0.2, -0.15) is 35.1 Å². The Hall–Kier alpha value is -3.04. The zero-order valence-corrected chi connectivity index (χ0v) is 17.8. The van der Waals surface area contributed by atoms with Crippen LogP contribution in [0.4, 0.5) is 39.5 Å². The monoisotopic (exact) mass is 520 g/mol. The Morgan fingerprint density at radius 3 is 2.24 bits per heavy atom. The van der Waals surface area contributed by atoms with Gasteiger partial charge in [0.1, 0.15) is 11.3 Å². The van der Waals surface area contributed by atoms with Gasteiger partial charge in [-0.25, -0.2) is 22.8 Å². The van der Waals surface area contributed by atoms with Crippen LogP contribution in [0.25, 0.3) is 23.2 Å². The van der Waals surface area contributed by atoms with Crippen LogP contribution in [0, 0.1) is 0 Å². The molecule has 0 aliphatic heterocycles. The number of hydrogen-bond donors (Lipinski definition) is 0. The van der Waals surface area contributed by atoms with E-state index in [4.69, 9.17) is 0 Å². The van der Waals surface area contributed by atoms with E-state index < -0.39 is 67.5 Å². The predicted octanol–water partition coefficient (Wildman–Crippen LogP) is 5.06. The lowest BCUT2D eigenvalue weighted by molar-refractivity contribution is -0.269. The number of nitrogens with zero attached hydrogens (tertiary/aromatic N) is 4.